The van der Waals surface area contributed by atoms with Gasteiger partial charge in [0.2, 0.25) is 0 Å². The first-order valence-electron chi connectivity index (χ1n) is 12.6. The van der Waals surface area contributed by atoms with Crippen molar-refractivity contribution in [3.63, 3.8) is 0 Å². The van der Waals surface area contributed by atoms with Crippen LogP contribution in [0.4, 0.5) is 0 Å². The van der Waals surface area contributed by atoms with Crippen molar-refractivity contribution in [2.75, 3.05) is 0 Å². The summed E-state index contributed by atoms with van der Waals surface area (Å²) in [6.07, 6.45) is 1.21. The zero-order chi connectivity index (χ0) is 25.6. The summed E-state index contributed by atoms with van der Waals surface area (Å²) in [4.78, 5) is 24.7. The van der Waals surface area contributed by atoms with E-state index in [2.05, 4.69) is 16.7 Å². The van der Waals surface area contributed by atoms with Gasteiger partial charge in [0.15, 0.2) is 11.5 Å². The average Bonchev–Trinajstić information content (AvgIpc) is 2.94. The maximum atomic E-state index is 12.9. The molecule has 0 saturated carbocycles. The molecule has 0 radical (unpaired) electrons. The van der Waals surface area contributed by atoms with Gasteiger partial charge in [-0.05, 0) is 53.8 Å². The second kappa shape index (κ2) is 11.2. The molecule has 5 rings (SSSR count). The second-order valence-electron chi connectivity index (χ2n) is 9.26. The summed E-state index contributed by atoms with van der Waals surface area (Å²) in [6, 6.07) is 33.3. The molecular weight excluding hydrogens is 462 g/mol. The number of pyridine rings is 1. The molecule has 5 nitrogen and oxygen atoms in total. The van der Waals surface area contributed by atoms with Crippen LogP contribution < -0.4 is 5.43 Å². The van der Waals surface area contributed by atoms with Crippen LogP contribution in [-0.2, 0) is 35.5 Å². The molecule has 0 saturated heterocycles. The number of hydrogen-bond acceptors (Lipinski definition) is 3. The number of carbonyl (C=O) groups is 1. The van der Waals surface area contributed by atoms with Crippen molar-refractivity contribution in [1.82, 2.24) is 4.57 Å². The Hall–Kier alpha value is -4.22. The van der Waals surface area contributed by atoms with Gasteiger partial charge in [-0.2, -0.15) is 0 Å². The van der Waals surface area contributed by atoms with Gasteiger partial charge in [-0.1, -0.05) is 78.9 Å². The van der Waals surface area contributed by atoms with Crippen LogP contribution in [0.2, 0.25) is 0 Å². The summed E-state index contributed by atoms with van der Waals surface area (Å²) in [5, 5.41) is 11.1. The number of aryl methyl sites for hydroxylation is 2. The summed E-state index contributed by atoms with van der Waals surface area (Å²) < 4.78 is 7.93. The average molecular weight is 492 g/mol. The monoisotopic (exact) mass is 491 g/mol. The molecule has 0 aliphatic carbocycles. The largest absolute Gasteiger partial charge is 0.479 e. The summed E-state index contributed by atoms with van der Waals surface area (Å²) in [5.41, 5.74) is 5.06. The normalized spacial score (nSPS) is 12.1. The van der Waals surface area contributed by atoms with E-state index in [1.807, 2.05) is 91.0 Å². The zero-order valence-corrected chi connectivity index (χ0v) is 20.5. The lowest BCUT2D eigenvalue weighted by Crippen LogP contribution is -2.26. The number of para-hydroxylation sites is 2. The molecular formula is C32H29NO4. The van der Waals surface area contributed by atoms with E-state index in [-0.39, 0.29) is 12.0 Å². The van der Waals surface area contributed by atoms with Crippen LogP contribution in [0.5, 0.6) is 0 Å². The van der Waals surface area contributed by atoms with E-state index in [1.54, 1.807) is 0 Å². The lowest BCUT2D eigenvalue weighted by Gasteiger charge is -2.16. The van der Waals surface area contributed by atoms with Crippen molar-refractivity contribution < 1.29 is 14.6 Å². The number of aromatic nitrogens is 1. The second-order valence-corrected chi connectivity index (χ2v) is 9.26. The van der Waals surface area contributed by atoms with Crippen LogP contribution >= 0.6 is 0 Å². The molecule has 1 N–H and O–H groups in total. The zero-order valence-electron chi connectivity index (χ0n) is 20.5. The third-order valence-electron chi connectivity index (χ3n) is 6.74. The fraction of sp³-hybridized carbons (Fsp3) is 0.188. The van der Waals surface area contributed by atoms with Gasteiger partial charge >= 0.3 is 5.97 Å². The van der Waals surface area contributed by atoms with E-state index < -0.39 is 12.1 Å². The van der Waals surface area contributed by atoms with Gasteiger partial charge in [0.1, 0.15) is 0 Å². The van der Waals surface area contributed by atoms with Gasteiger partial charge in [0, 0.05) is 23.7 Å². The number of hydrogen-bond donors (Lipinski definition) is 1. The van der Waals surface area contributed by atoms with Gasteiger partial charge in [-0.25, -0.2) is 4.79 Å². The van der Waals surface area contributed by atoms with Gasteiger partial charge in [-0.3, -0.25) is 4.79 Å². The molecule has 186 valence electrons. The Morgan fingerprint density at radius 2 is 1.30 bits per heavy atom. The molecule has 37 heavy (non-hydrogen) atoms. The molecule has 0 aliphatic heterocycles. The molecule has 0 fully saturated rings. The summed E-state index contributed by atoms with van der Waals surface area (Å²) in [5.74, 6) is -0.958. The fourth-order valence-corrected chi connectivity index (χ4v) is 4.80. The van der Waals surface area contributed by atoms with E-state index >= 15 is 0 Å². The lowest BCUT2D eigenvalue weighted by atomic mass is 10.0. The molecule has 1 aromatic heterocycles. The Balaban J connectivity index is 1.24. The Labute approximate surface area is 215 Å². The first-order chi connectivity index (χ1) is 18.1. The number of fused-ring (bicyclic) bond motifs is 2. The van der Waals surface area contributed by atoms with Crippen molar-refractivity contribution in [2.45, 2.75) is 38.5 Å². The number of aliphatic carboxylic acids is 1. The number of nitrogens with zero attached hydrogens (tertiary/aromatic N) is 1. The fourth-order valence-electron chi connectivity index (χ4n) is 4.80. The Morgan fingerprint density at radius 1 is 0.730 bits per heavy atom. The van der Waals surface area contributed by atoms with Crippen LogP contribution in [0.25, 0.3) is 21.8 Å². The van der Waals surface area contributed by atoms with Crippen molar-refractivity contribution in [3.05, 3.63) is 130 Å². The van der Waals surface area contributed by atoms with Gasteiger partial charge < -0.3 is 14.4 Å². The Bertz CT molecular complexity index is 1510. The predicted molar refractivity (Wildman–Crippen MR) is 147 cm³/mol. The minimum absolute atomic E-state index is 0.0745. The SMILES string of the molecule is O=C(O)C(Cc1ccc(CCCn2c3ccccc3c(=O)c3ccccc32)cc1)OCc1ccccc1. The van der Waals surface area contributed by atoms with Crippen molar-refractivity contribution in [2.24, 2.45) is 0 Å². The van der Waals surface area contributed by atoms with Gasteiger partial charge in [0.25, 0.3) is 0 Å². The predicted octanol–water partition coefficient (Wildman–Crippen LogP) is 6.00. The summed E-state index contributed by atoms with van der Waals surface area (Å²) in [7, 11) is 0. The maximum Gasteiger partial charge on any atom is 0.333 e. The summed E-state index contributed by atoms with van der Waals surface area (Å²) >= 11 is 0. The van der Waals surface area contributed by atoms with Crippen molar-refractivity contribution >= 4 is 27.8 Å². The van der Waals surface area contributed by atoms with Crippen LogP contribution in [0.15, 0.2) is 108 Å². The standard InChI is InChI=1S/C32H29NO4/c34-31-26-12-4-6-14-28(26)33(29-15-7-5-13-27(29)31)20-8-11-23-16-18-24(19-17-23)21-30(32(35)36)37-22-25-9-2-1-3-10-25/h1-7,9-10,12-19,30H,8,11,20-22H2,(H,35,36). The van der Waals surface area contributed by atoms with E-state index in [1.165, 1.54) is 5.56 Å². The molecule has 0 aliphatic rings. The van der Waals surface area contributed by atoms with Crippen LogP contribution in [0.3, 0.4) is 0 Å². The van der Waals surface area contributed by atoms with E-state index in [0.717, 1.165) is 52.3 Å². The molecule has 1 atom stereocenters. The summed E-state index contributed by atoms with van der Waals surface area (Å²) in [6.45, 7) is 1.06. The highest BCUT2D eigenvalue weighted by Crippen LogP contribution is 2.20. The molecule has 0 amide bonds. The molecule has 0 spiro atoms. The van der Waals surface area contributed by atoms with Gasteiger partial charge in [-0.15, -0.1) is 0 Å². The Morgan fingerprint density at radius 3 is 1.92 bits per heavy atom. The van der Waals surface area contributed by atoms with E-state index in [4.69, 9.17) is 4.74 Å². The number of benzene rings is 4. The minimum Gasteiger partial charge on any atom is -0.479 e. The maximum absolute atomic E-state index is 12.9. The highest BCUT2D eigenvalue weighted by molar-refractivity contribution is 5.93. The quantitative estimate of drug-likeness (QED) is 0.243. The number of carboxylic acid groups (broad SMARTS) is 1. The lowest BCUT2D eigenvalue weighted by molar-refractivity contribution is -0.151. The molecule has 4 aromatic carbocycles. The minimum atomic E-state index is -0.958. The van der Waals surface area contributed by atoms with E-state index in [9.17, 15) is 14.7 Å². The molecule has 1 unspecified atom stereocenters. The Kier molecular flexibility index (Phi) is 7.43. The van der Waals surface area contributed by atoms with Crippen LogP contribution in [0, 0.1) is 0 Å². The molecule has 0 bridgehead atoms. The first kappa shape index (κ1) is 24.5. The number of ether oxygens (including phenoxy) is 1. The van der Waals surface area contributed by atoms with Gasteiger partial charge in [0.05, 0.1) is 17.6 Å². The molecule has 5 heteroatoms. The van der Waals surface area contributed by atoms with Crippen molar-refractivity contribution in [1.29, 1.82) is 0 Å². The van der Waals surface area contributed by atoms with Crippen molar-refractivity contribution in [3.8, 4) is 0 Å². The number of rotatable bonds is 10. The highest BCUT2D eigenvalue weighted by atomic mass is 16.5. The van der Waals surface area contributed by atoms with E-state index in [0.29, 0.717) is 6.42 Å². The molecule has 5 aromatic rings. The highest BCUT2D eigenvalue weighted by Gasteiger charge is 2.19. The topological polar surface area (TPSA) is 68.5 Å². The smallest absolute Gasteiger partial charge is 0.333 e. The number of carboxylic acids is 1. The van der Waals surface area contributed by atoms with Crippen LogP contribution in [-0.4, -0.2) is 21.7 Å². The first-order valence-corrected chi connectivity index (χ1v) is 12.6. The third kappa shape index (κ3) is 5.63. The van der Waals surface area contributed by atoms with Crippen LogP contribution in [0.1, 0.15) is 23.1 Å². The third-order valence-corrected chi connectivity index (χ3v) is 6.74. The molecule has 1 heterocycles.